The van der Waals surface area contributed by atoms with Crippen LogP contribution < -0.4 is 5.32 Å². The first kappa shape index (κ1) is 11.3. The van der Waals surface area contributed by atoms with E-state index in [0.717, 1.165) is 0 Å². The Morgan fingerprint density at radius 1 is 1.50 bits per heavy atom. The normalized spacial score (nSPS) is 41.4. The number of hydrogen-bond donors (Lipinski definition) is 1. The molecule has 0 unspecified atom stereocenters. The van der Waals surface area contributed by atoms with Crippen molar-refractivity contribution in [3.05, 3.63) is 0 Å². The summed E-state index contributed by atoms with van der Waals surface area (Å²) in [5.74, 6) is 0.542. The van der Waals surface area contributed by atoms with Crippen LogP contribution in [0.15, 0.2) is 0 Å². The van der Waals surface area contributed by atoms with Crippen molar-refractivity contribution in [1.82, 2.24) is 5.32 Å². The highest BCUT2D eigenvalue weighted by Crippen LogP contribution is 2.42. The van der Waals surface area contributed by atoms with Gasteiger partial charge in [-0.15, -0.1) is 0 Å². The van der Waals surface area contributed by atoms with Gasteiger partial charge in [0.15, 0.2) is 11.8 Å². The maximum Gasteiger partial charge on any atom is 0.294 e. The lowest BCUT2D eigenvalue weighted by Gasteiger charge is -2.31. The lowest BCUT2D eigenvalue weighted by molar-refractivity contribution is -0.167. The molecule has 2 heterocycles. The Morgan fingerprint density at radius 3 is 3.00 bits per heavy atom. The summed E-state index contributed by atoms with van der Waals surface area (Å²) in [4.78, 5) is 20.7. The monoisotopic (exact) mass is 229 g/mol. The van der Waals surface area contributed by atoms with E-state index in [0.29, 0.717) is 32.0 Å². The Morgan fingerprint density at radius 2 is 2.31 bits per heavy atom. The summed E-state index contributed by atoms with van der Waals surface area (Å²) in [7, 11) is 0. The minimum absolute atomic E-state index is 0.108. The lowest BCUT2D eigenvalue weighted by Crippen LogP contribution is -2.50. The number of fused-ring (bicyclic) bond motifs is 1. The second-order valence-corrected chi connectivity index (χ2v) is 4.28. The Kier molecular flexibility index (Phi) is 3.11. The Labute approximate surface area is 93.2 Å². The molecular formula is C10H15NO5. The van der Waals surface area contributed by atoms with E-state index in [-0.39, 0.29) is 12.5 Å². The molecule has 6 nitrogen and oxygen atoms in total. The summed E-state index contributed by atoms with van der Waals surface area (Å²) >= 11 is 0. The van der Waals surface area contributed by atoms with Crippen molar-refractivity contribution in [3.63, 3.8) is 0 Å². The van der Waals surface area contributed by atoms with Crippen molar-refractivity contribution < 1.29 is 23.8 Å². The van der Waals surface area contributed by atoms with E-state index >= 15 is 0 Å². The van der Waals surface area contributed by atoms with Crippen molar-refractivity contribution in [2.75, 3.05) is 19.8 Å². The summed E-state index contributed by atoms with van der Waals surface area (Å²) in [6.07, 6.45) is -0.542. The van der Waals surface area contributed by atoms with Crippen LogP contribution in [0.3, 0.4) is 0 Å². The minimum Gasteiger partial charge on any atom is -0.465 e. The first-order valence-electron chi connectivity index (χ1n) is 5.26. The van der Waals surface area contributed by atoms with Gasteiger partial charge < -0.3 is 14.2 Å². The van der Waals surface area contributed by atoms with E-state index in [1.165, 1.54) is 0 Å². The average Bonchev–Trinajstić information content (AvgIpc) is 2.78. The topological polar surface area (TPSA) is 73.9 Å². The maximum atomic E-state index is 10.4. The van der Waals surface area contributed by atoms with Gasteiger partial charge in [0.2, 0.25) is 0 Å². The molecule has 2 aliphatic rings. The molecule has 6 heteroatoms. The minimum atomic E-state index is -0.721. The number of rotatable bonds is 5. The molecule has 2 saturated heterocycles. The van der Waals surface area contributed by atoms with Crippen molar-refractivity contribution >= 4 is 12.9 Å². The Hall–Kier alpha value is -1.14. The molecule has 2 aliphatic heterocycles. The van der Waals surface area contributed by atoms with E-state index in [1.54, 1.807) is 0 Å². The van der Waals surface area contributed by atoms with Crippen LogP contribution in [0.1, 0.15) is 6.92 Å². The van der Waals surface area contributed by atoms with Gasteiger partial charge in [-0.3, -0.25) is 14.9 Å². The van der Waals surface area contributed by atoms with Crippen LogP contribution in [-0.2, 0) is 23.8 Å². The van der Waals surface area contributed by atoms with Crippen LogP contribution in [0.4, 0.5) is 0 Å². The standard InChI is InChI=1S/C10H15NO5/c1-7-3-16-10(4-14-5-12)8(7)2-11-9(10)15-6-13/h5-9,11H,2-4H2,1H3/t7-,8-,9+,10-/m1/s1. The molecule has 1 N–H and O–H groups in total. The fraction of sp³-hybridized carbons (Fsp3) is 0.800. The van der Waals surface area contributed by atoms with E-state index in [9.17, 15) is 9.59 Å². The van der Waals surface area contributed by atoms with Crippen LogP contribution in [-0.4, -0.2) is 44.5 Å². The zero-order valence-electron chi connectivity index (χ0n) is 9.05. The summed E-state index contributed by atoms with van der Waals surface area (Å²) in [5, 5.41) is 3.07. The van der Waals surface area contributed by atoms with E-state index in [1.807, 2.05) is 0 Å². The summed E-state index contributed by atoms with van der Waals surface area (Å²) in [6, 6.07) is 0. The molecular weight excluding hydrogens is 214 g/mol. The van der Waals surface area contributed by atoms with E-state index < -0.39 is 11.8 Å². The van der Waals surface area contributed by atoms with Gasteiger partial charge in [-0.05, 0) is 5.92 Å². The molecule has 2 rings (SSSR count). The third-order valence-electron chi connectivity index (χ3n) is 3.47. The fourth-order valence-electron chi connectivity index (χ4n) is 2.65. The van der Waals surface area contributed by atoms with Crippen LogP contribution in [0, 0.1) is 11.8 Å². The smallest absolute Gasteiger partial charge is 0.294 e. The molecule has 16 heavy (non-hydrogen) atoms. The third kappa shape index (κ3) is 1.58. The van der Waals surface area contributed by atoms with Crippen LogP contribution >= 0.6 is 0 Å². The molecule has 90 valence electrons. The first-order chi connectivity index (χ1) is 7.74. The number of nitrogens with one attached hydrogen (secondary N) is 1. The summed E-state index contributed by atoms with van der Waals surface area (Å²) in [5.41, 5.74) is -0.721. The Balaban J connectivity index is 2.17. The molecule has 0 aromatic carbocycles. The van der Waals surface area contributed by atoms with Crippen molar-refractivity contribution in [2.24, 2.45) is 11.8 Å². The highest BCUT2D eigenvalue weighted by Gasteiger charge is 2.59. The van der Waals surface area contributed by atoms with Crippen LogP contribution in [0.25, 0.3) is 0 Å². The molecule has 0 spiro atoms. The lowest BCUT2D eigenvalue weighted by atomic mass is 9.84. The van der Waals surface area contributed by atoms with Gasteiger partial charge in [0.1, 0.15) is 6.61 Å². The van der Waals surface area contributed by atoms with Gasteiger partial charge in [-0.2, -0.15) is 0 Å². The van der Waals surface area contributed by atoms with Crippen molar-refractivity contribution in [3.8, 4) is 0 Å². The predicted octanol–water partition coefficient (Wildman–Crippen LogP) is -0.717. The molecule has 0 radical (unpaired) electrons. The molecule has 0 aromatic heterocycles. The number of hydrogen-bond acceptors (Lipinski definition) is 6. The predicted molar refractivity (Wildman–Crippen MR) is 52.3 cm³/mol. The summed E-state index contributed by atoms with van der Waals surface area (Å²) in [6.45, 7) is 4.23. The van der Waals surface area contributed by atoms with Gasteiger partial charge in [0, 0.05) is 12.5 Å². The second-order valence-electron chi connectivity index (χ2n) is 4.28. The molecule has 0 bridgehead atoms. The van der Waals surface area contributed by atoms with Crippen molar-refractivity contribution in [1.29, 1.82) is 0 Å². The van der Waals surface area contributed by atoms with E-state index in [4.69, 9.17) is 14.2 Å². The fourth-order valence-corrected chi connectivity index (χ4v) is 2.65. The number of carbonyl (C=O) groups is 2. The highest BCUT2D eigenvalue weighted by atomic mass is 16.6. The molecule has 0 saturated carbocycles. The largest absolute Gasteiger partial charge is 0.465 e. The van der Waals surface area contributed by atoms with Gasteiger partial charge in [0.25, 0.3) is 12.9 Å². The zero-order chi connectivity index (χ0) is 11.6. The van der Waals surface area contributed by atoms with Gasteiger partial charge in [-0.1, -0.05) is 6.92 Å². The van der Waals surface area contributed by atoms with Crippen LogP contribution in [0.5, 0.6) is 0 Å². The molecule has 0 amide bonds. The van der Waals surface area contributed by atoms with Crippen molar-refractivity contribution in [2.45, 2.75) is 18.8 Å². The van der Waals surface area contributed by atoms with Crippen LogP contribution in [0.2, 0.25) is 0 Å². The Bertz CT molecular complexity index is 284. The van der Waals surface area contributed by atoms with Gasteiger partial charge in [0.05, 0.1) is 6.61 Å². The molecule has 0 aliphatic carbocycles. The van der Waals surface area contributed by atoms with Gasteiger partial charge >= 0.3 is 0 Å². The second kappa shape index (κ2) is 4.39. The highest BCUT2D eigenvalue weighted by molar-refractivity contribution is 5.39. The number of ether oxygens (including phenoxy) is 3. The van der Waals surface area contributed by atoms with E-state index in [2.05, 4.69) is 12.2 Å². The zero-order valence-corrected chi connectivity index (χ0v) is 9.05. The molecule has 2 fully saturated rings. The third-order valence-corrected chi connectivity index (χ3v) is 3.47. The quantitative estimate of drug-likeness (QED) is 0.627. The molecule has 0 aromatic rings. The first-order valence-corrected chi connectivity index (χ1v) is 5.26. The SMILES string of the molecule is C[C@@H]1CO[C@]2(COC=O)[C@@H]1CN[C@H]2OC=O. The summed E-state index contributed by atoms with van der Waals surface area (Å²) < 4.78 is 15.5. The maximum absolute atomic E-state index is 10.4. The van der Waals surface area contributed by atoms with Gasteiger partial charge in [-0.25, -0.2) is 0 Å². The molecule has 4 atom stereocenters. The average molecular weight is 229 g/mol. The number of carbonyl (C=O) groups excluding carboxylic acids is 2.